The topological polar surface area (TPSA) is 88.5 Å². The number of amides is 1. The smallest absolute Gasteiger partial charge is 0.305 e. The van der Waals surface area contributed by atoms with Gasteiger partial charge in [0.05, 0.1) is 18.6 Å². The molecule has 0 spiro atoms. The lowest BCUT2D eigenvalue weighted by Gasteiger charge is -2.28. The van der Waals surface area contributed by atoms with Crippen molar-refractivity contribution in [3.05, 3.63) is 30.1 Å². The van der Waals surface area contributed by atoms with Gasteiger partial charge in [0.1, 0.15) is 0 Å². The number of ether oxygens (including phenoxy) is 1. The second kappa shape index (κ2) is 6.11. The average molecular weight is 252 g/mol. The maximum atomic E-state index is 11.9. The SMILES string of the molecule is COCC(C)(CC(=O)O)NC(=O)c1ccncc1. The molecule has 1 atom stereocenters. The van der Waals surface area contributed by atoms with Gasteiger partial charge in [-0.2, -0.15) is 0 Å². The van der Waals surface area contributed by atoms with Gasteiger partial charge in [0.15, 0.2) is 0 Å². The van der Waals surface area contributed by atoms with E-state index < -0.39 is 11.5 Å². The average Bonchev–Trinajstić information content (AvgIpc) is 2.28. The minimum atomic E-state index is -0.996. The van der Waals surface area contributed by atoms with Crippen molar-refractivity contribution < 1.29 is 19.4 Å². The first-order valence-electron chi connectivity index (χ1n) is 5.40. The van der Waals surface area contributed by atoms with Crippen molar-refractivity contribution in [3.8, 4) is 0 Å². The van der Waals surface area contributed by atoms with Crippen LogP contribution >= 0.6 is 0 Å². The normalized spacial score (nSPS) is 13.7. The van der Waals surface area contributed by atoms with Crippen LogP contribution < -0.4 is 5.32 Å². The summed E-state index contributed by atoms with van der Waals surface area (Å²) in [5, 5.41) is 11.5. The molecule has 0 aliphatic carbocycles. The highest BCUT2D eigenvalue weighted by Gasteiger charge is 2.29. The number of aliphatic carboxylic acids is 1. The molecule has 0 fully saturated rings. The Labute approximate surface area is 105 Å². The van der Waals surface area contributed by atoms with Gasteiger partial charge in [-0.1, -0.05) is 0 Å². The van der Waals surface area contributed by atoms with E-state index in [1.807, 2.05) is 0 Å². The Morgan fingerprint density at radius 1 is 1.44 bits per heavy atom. The monoisotopic (exact) mass is 252 g/mol. The Balaban J connectivity index is 2.78. The van der Waals surface area contributed by atoms with E-state index in [2.05, 4.69) is 10.3 Å². The Morgan fingerprint density at radius 2 is 2.06 bits per heavy atom. The summed E-state index contributed by atoms with van der Waals surface area (Å²) in [6, 6.07) is 3.12. The number of nitrogens with zero attached hydrogens (tertiary/aromatic N) is 1. The third-order valence-corrected chi connectivity index (χ3v) is 2.36. The lowest BCUT2D eigenvalue weighted by molar-refractivity contribution is -0.139. The van der Waals surface area contributed by atoms with E-state index in [0.717, 1.165) is 0 Å². The van der Waals surface area contributed by atoms with Gasteiger partial charge in [0.2, 0.25) is 0 Å². The number of carboxylic acids is 1. The van der Waals surface area contributed by atoms with E-state index >= 15 is 0 Å². The van der Waals surface area contributed by atoms with Crippen molar-refractivity contribution in [1.29, 1.82) is 0 Å². The summed E-state index contributed by atoms with van der Waals surface area (Å²) < 4.78 is 4.95. The summed E-state index contributed by atoms with van der Waals surface area (Å²) in [7, 11) is 1.46. The van der Waals surface area contributed by atoms with Crippen LogP contribution in [-0.4, -0.2) is 41.2 Å². The quantitative estimate of drug-likeness (QED) is 0.777. The summed E-state index contributed by atoms with van der Waals surface area (Å²) in [5.74, 6) is -1.34. The van der Waals surface area contributed by atoms with Gasteiger partial charge in [0, 0.05) is 25.1 Å². The summed E-state index contributed by atoms with van der Waals surface area (Å²) in [6.45, 7) is 1.75. The number of carbonyl (C=O) groups excluding carboxylic acids is 1. The van der Waals surface area contributed by atoms with Crippen molar-refractivity contribution in [1.82, 2.24) is 10.3 Å². The fourth-order valence-corrected chi connectivity index (χ4v) is 1.63. The van der Waals surface area contributed by atoms with Crippen molar-refractivity contribution in [2.24, 2.45) is 0 Å². The lowest BCUT2D eigenvalue weighted by Crippen LogP contribution is -2.50. The first-order chi connectivity index (χ1) is 8.47. The van der Waals surface area contributed by atoms with Gasteiger partial charge in [-0.15, -0.1) is 0 Å². The van der Waals surface area contributed by atoms with Crippen molar-refractivity contribution in [2.45, 2.75) is 18.9 Å². The Morgan fingerprint density at radius 3 is 2.56 bits per heavy atom. The summed E-state index contributed by atoms with van der Waals surface area (Å²) >= 11 is 0. The zero-order valence-electron chi connectivity index (χ0n) is 10.3. The highest BCUT2D eigenvalue weighted by Crippen LogP contribution is 2.12. The second-order valence-corrected chi connectivity index (χ2v) is 4.25. The van der Waals surface area contributed by atoms with E-state index in [4.69, 9.17) is 9.84 Å². The van der Waals surface area contributed by atoms with Gasteiger partial charge in [0.25, 0.3) is 5.91 Å². The molecule has 0 saturated heterocycles. The van der Waals surface area contributed by atoms with E-state index in [1.165, 1.54) is 19.5 Å². The van der Waals surface area contributed by atoms with Gasteiger partial charge >= 0.3 is 5.97 Å². The molecule has 2 N–H and O–H groups in total. The number of carbonyl (C=O) groups is 2. The molecule has 0 bridgehead atoms. The van der Waals surface area contributed by atoms with Gasteiger partial charge in [-0.3, -0.25) is 14.6 Å². The molecule has 0 aliphatic rings. The molecule has 0 aromatic carbocycles. The number of rotatable bonds is 6. The van der Waals surface area contributed by atoms with Crippen LogP contribution in [0.2, 0.25) is 0 Å². The summed E-state index contributed by atoms with van der Waals surface area (Å²) in [4.78, 5) is 26.5. The molecule has 98 valence electrons. The molecule has 1 aromatic rings. The molecule has 0 aliphatic heterocycles. The van der Waals surface area contributed by atoms with Crippen LogP contribution in [0.5, 0.6) is 0 Å². The predicted octanol–water partition coefficient (Wildman–Crippen LogP) is 0.691. The number of aromatic nitrogens is 1. The fourth-order valence-electron chi connectivity index (χ4n) is 1.63. The predicted molar refractivity (Wildman–Crippen MR) is 64.2 cm³/mol. The highest BCUT2D eigenvalue weighted by molar-refractivity contribution is 5.94. The van der Waals surface area contributed by atoms with Crippen molar-refractivity contribution in [2.75, 3.05) is 13.7 Å². The number of carboxylic acid groups (broad SMARTS) is 1. The van der Waals surface area contributed by atoms with Crippen molar-refractivity contribution >= 4 is 11.9 Å². The standard InChI is InChI=1S/C12H16N2O4/c1-12(8-18-2,7-10(15)16)14-11(17)9-3-5-13-6-4-9/h3-6H,7-8H2,1-2H3,(H,14,17)(H,15,16). The molecule has 0 radical (unpaired) electrons. The van der Waals surface area contributed by atoms with Crippen LogP contribution in [0.15, 0.2) is 24.5 Å². The minimum absolute atomic E-state index is 0.121. The zero-order valence-corrected chi connectivity index (χ0v) is 10.3. The van der Waals surface area contributed by atoms with Crippen LogP contribution in [0.4, 0.5) is 0 Å². The van der Waals surface area contributed by atoms with E-state index in [1.54, 1.807) is 19.1 Å². The van der Waals surface area contributed by atoms with Gasteiger partial charge in [-0.25, -0.2) is 0 Å². The summed E-state index contributed by atoms with van der Waals surface area (Å²) in [5.41, 5.74) is -0.515. The Hall–Kier alpha value is -1.95. The molecule has 18 heavy (non-hydrogen) atoms. The van der Waals surface area contributed by atoms with Crippen LogP contribution in [0.3, 0.4) is 0 Å². The largest absolute Gasteiger partial charge is 0.481 e. The lowest BCUT2D eigenvalue weighted by atomic mass is 9.98. The molecule has 1 heterocycles. The molecule has 0 saturated carbocycles. The number of hydrogen-bond donors (Lipinski definition) is 2. The highest BCUT2D eigenvalue weighted by atomic mass is 16.5. The number of hydrogen-bond acceptors (Lipinski definition) is 4. The third-order valence-electron chi connectivity index (χ3n) is 2.36. The first-order valence-corrected chi connectivity index (χ1v) is 5.40. The molecular formula is C12H16N2O4. The van der Waals surface area contributed by atoms with E-state index in [0.29, 0.717) is 5.56 Å². The number of methoxy groups -OCH3 is 1. The molecule has 6 heteroatoms. The zero-order chi connectivity index (χ0) is 13.6. The van der Waals surface area contributed by atoms with Crippen molar-refractivity contribution in [3.63, 3.8) is 0 Å². The van der Waals surface area contributed by atoms with Crippen LogP contribution in [0.1, 0.15) is 23.7 Å². The van der Waals surface area contributed by atoms with Crippen LogP contribution in [0, 0.1) is 0 Å². The Kier molecular flexibility index (Phi) is 4.79. The molecule has 1 amide bonds. The third kappa shape index (κ3) is 4.14. The number of pyridine rings is 1. The maximum absolute atomic E-state index is 11.9. The van der Waals surface area contributed by atoms with Gasteiger partial charge in [-0.05, 0) is 19.1 Å². The van der Waals surface area contributed by atoms with Crippen LogP contribution in [0.25, 0.3) is 0 Å². The van der Waals surface area contributed by atoms with E-state index in [-0.39, 0.29) is 18.9 Å². The number of nitrogens with one attached hydrogen (secondary N) is 1. The maximum Gasteiger partial charge on any atom is 0.305 e. The molecule has 1 unspecified atom stereocenters. The summed E-state index contributed by atoms with van der Waals surface area (Å²) in [6.07, 6.45) is 2.79. The van der Waals surface area contributed by atoms with Gasteiger partial charge < -0.3 is 15.2 Å². The molecule has 1 aromatic heterocycles. The molecular weight excluding hydrogens is 236 g/mol. The fraction of sp³-hybridized carbons (Fsp3) is 0.417. The Bertz CT molecular complexity index is 421. The molecule has 1 rings (SSSR count). The first kappa shape index (κ1) is 14.1. The second-order valence-electron chi connectivity index (χ2n) is 4.25. The van der Waals surface area contributed by atoms with Crippen LogP contribution in [-0.2, 0) is 9.53 Å². The van der Waals surface area contributed by atoms with E-state index in [9.17, 15) is 9.59 Å². The molecule has 6 nitrogen and oxygen atoms in total. The minimum Gasteiger partial charge on any atom is -0.481 e.